The second kappa shape index (κ2) is 4.19. The number of rotatable bonds is 3. The van der Waals surface area contributed by atoms with Gasteiger partial charge in [0.05, 0.1) is 18.2 Å². The first-order valence-electron chi connectivity index (χ1n) is 4.42. The number of hydrogen-bond donors (Lipinski definition) is 2. The monoisotopic (exact) mass is 194 g/mol. The zero-order valence-corrected chi connectivity index (χ0v) is 8.32. The molecule has 0 aliphatic rings. The van der Waals surface area contributed by atoms with Crippen molar-refractivity contribution in [3.63, 3.8) is 0 Å². The number of carbonyl (C=O) groups is 1. The Hall–Kier alpha value is -1.42. The second-order valence-corrected chi connectivity index (χ2v) is 3.36. The van der Waals surface area contributed by atoms with Gasteiger partial charge in [-0.2, -0.15) is 0 Å². The van der Waals surface area contributed by atoms with Crippen LogP contribution in [0, 0.1) is 13.8 Å². The van der Waals surface area contributed by atoms with E-state index in [0.717, 1.165) is 11.3 Å². The highest BCUT2D eigenvalue weighted by Crippen LogP contribution is 2.16. The van der Waals surface area contributed by atoms with Crippen molar-refractivity contribution in [2.75, 3.05) is 0 Å². The Morgan fingerprint density at radius 3 is 2.79 bits per heavy atom. The molecule has 76 valence electrons. The molecule has 1 atom stereocenters. The summed E-state index contributed by atoms with van der Waals surface area (Å²) in [4.78, 5) is 14.7. The average molecular weight is 194 g/mol. The van der Waals surface area contributed by atoms with Gasteiger partial charge in [-0.1, -0.05) is 6.07 Å². The molecule has 0 fully saturated rings. The van der Waals surface area contributed by atoms with E-state index in [1.165, 1.54) is 0 Å². The quantitative estimate of drug-likeness (QED) is 0.757. The van der Waals surface area contributed by atoms with E-state index < -0.39 is 12.0 Å². The zero-order valence-electron chi connectivity index (χ0n) is 8.32. The maximum atomic E-state index is 10.5. The third kappa shape index (κ3) is 2.53. The lowest BCUT2D eigenvalue weighted by Gasteiger charge is -2.11. The van der Waals surface area contributed by atoms with Gasteiger partial charge in [0.25, 0.3) is 0 Å². The van der Waals surface area contributed by atoms with Gasteiger partial charge in [0.15, 0.2) is 0 Å². The normalized spacial score (nSPS) is 12.5. The smallest absolute Gasteiger partial charge is 0.305 e. The van der Waals surface area contributed by atoms with E-state index in [1.807, 2.05) is 26.0 Å². The Labute approximate surface area is 82.8 Å². The summed E-state index contributed by atoms with van der Waals surface area (Å²) in [5, 5.41) is 8.60. The van der Waals surface area contributed by atoms with Gasteiger partial charge in [-0.05, 0) is 25.5 Å². The lowest BCUT2D eigenvalue weighted by Crippen LogP contribution is -2.17. The number of aliphatic carboxylic acids is 1. The summed E-state index contributed by atoms with van der Waals surface area (Å²) in [7, 11) is 0. The predicted octanol–water partition coefficient (Wildman–Crippen LogP) is 1.17. The van der Waals surface area contributed by atoms with E-state index in [0.29, 0.717) is 5.69 Å². The average Bonchev–Trinajstić information content (AvgIpc) is 2.08. The van der Waals surface area contributed by atoms with Crippen molar-refractivity contribution in [1.82, 2.24) is 4.98 Å². The van der Waals surface area contributed by atoms with Gasteiger partial charge in [0.2, 0.25) is 0 Å². The molecule has 0 saturated heterocycles. The van der Waals surface area contributed by atoms with Crippen molar-refractivity contribution in [2.45, 2.75) is 26.3 Å². The molecule has 3 N–H and O–H groups in total. The Morgan fingerprint density at radius 2 is 2.21 bits per heavy atom. The third-order valence-corrected chi connectivity index (χ3v) is 2.02. The molecule has 0 amide bonds. The molecule has 0 aliphatic heterocycles. The van der Waals surface area contributed by atoms with Gasteiger partial charge in [-0.15, -0.1) is 0 Å². The molecule has 0 aliphatic carbocycles. The van der Waals surface area contributed by atoms with Crippen LogP contribution in [0.5, 0.6) is 0 Å². The Kier molecular flexibility index (Phi) is 3.19. The standard InChI is InChI=1S/C10H14N2O2/c1-6-3-4-7(2)12-10(6)8(11)5-9(13)14/h3-4,8H,5,11H2,1-2H3,(H,13,14). The first kappa shape index (κ1) is 10.7. The van der Waals surface area contributed by atoms with E-state index in [2.05, 4.69) is 4.98 Å². The van der Waals surface area contributed by atoms with E-state index in [9.17, 15) is 4.79 Å². The lowest BCUT2D eigenvalue weighted by molar-refractivity contribution is -0.137. The van der Waals surface area contributed by atoms with Crippen molar-refractivity contribution >= 4 is 5.97 Å². The summed E-state index contributed by atoms with van der Waals surface area (Å²) in [6.45, 7) is 3.74. The molecule has 0 radical (unpaired) electrons. The molecular formula is C10H14N2O2. The van der Waals surface area contributed by atoms with E-state index in [4.69, 9.17) is 10.8 Å². The van der Waals surface area contributed by atoms with Crippen LogP contribution in [0.15, 0.2) is 12.1 Å². The molecule has 1 aromatic heterocycles. The summed E-state index contributed by atoms with van der Waals surface area (Å²) >= 11 is 0. The largest absolute Gasteiger partial charge is 0.481 e. The van der Waals surface area contributed by atoms with Crippen LogP contribution >= 0.6 is 0 Å². The predicted molar refractivity (Wildman–Crippen MR) is 52.9 cm³/mol. The first-order chi connectivity index (χ1) is 6.50. The second-order valence-electron chi connectivity index (χ2n) is 3.36. The molecule has 1 heterocycles. The molecule has 4 heteroatoms. The summed E-state index contributed by atoms with van der Waals surface area (Å²) < 4.78 is 0. The molecule has 0 bridgehead atoms. The summed E-state index contributed by atoms with van der Waals surface area (Å²) in [6, 6.07) is 3.26. The van der Waals surface area contributed by atoms with Gasteiger partial charge in [-0.25, -0.2) is 0 Å². The molecule has 0 spiro atoms. The zero-order chi connectivity index (χ0) is 10.7. The fraction of sp³-hybridized carbons (Fsp3) is 0.400. The van der Waals surface area contributed by atoms with E-state index in [-0.39, 0.29) is 6.42 Å². The van der Waals surface area contributed by atoms with Crippen LogP contribution in [0.1, 0.15) is 29.4 Å². The highest BCUT2D eigenvalue weighted by Gasteiger charge is 2.14. The first-order valence-corrected chi connectivity index (χ1v) is 4.42. The topological polar surface area (TPSA) is 76.2 Å². The summed E-state index contributed by atoms with van der Waals surface area (Å²) in [6.07, 6.45) is -0.0860. The molecule has 0 saturated carbocycles. The number of nitrogens with zero attached hydrogens (tertiary/aromatic N) is 1. The molecule has 14 heavy (non-hydrogen) atoms. The molecule has 4 nitrogen and oxygen atoms in total. The SMILES string of the molecule is Cc1ccc(C)c(C(N)CC(=O)O)n1. The fourth-order valence-electron chi connectivity index (χ4n) is 1.31. The van der Waals surface area contributed by atoms with Crippen molar-refractivity contribution in [2.24, 2.45) is 5.73 Å². The van der Waals surface area contributed by atoms with Crippen LogP contribution in [0.25, 0.3) is 0 Å². The maximum Gasteiger partial charge on any atom is 0.305 e. The van der Waals surface area contributed by atoms with E-state index >= 15 is 0 Å². The fourth-order valence-corrected chi connectivity index (χ4v) is 1.31. The number of aromatic nitrogens is 1. The van der Waals surface area contributed by atoms with Gasteiger partial charge in [0.1, 0.15) is 0 Å². The van der Waals surface area contributed by atoms with Crippen molar-refractivity contribution in [3.8, 4) is 0 Å². The Balaban J connectivity index is 2.93. The molecule has 1 rings (SSSR count). The van der Waals surface area contributed by atoms with Crippen LogP contribution < -0.4 is 5.73 Å². The Morgan fingerprint density at radius 1 is 1.57 bits per heavy atom. The van der Waals surface area contributed by atoms with E-state index in [1.54, 1.807) is 0 Å². The van der Waals surface area contributed by atoms with Crippen molar-refractivity contribution < 1.29 is 9.90 Å². The van der Waals surface area contributed by atoms with Gasteiger partial charge in [0, 0.05) is 5.69 Å². The molecule has 1 unspecified atom stereocenters. The minimum absolute atomic E-state index is 0.0860. The third-order valence-electron chi connectivity index (χ3n) is 2.02. The molecular weight excluding hydrogens is 180 g/mol. The number of carboxylic acid groups (broad SMARTS) is 1. The van der Waals surface area contributed by atoms with Crippen molar-refractivity contribution in [1.29, 1.82) is 0 Å². The van der Waals surface area contributed by atoms with Gasteiger partial charge in [-0.3, -0.25) is 9.78 Å². The lowest BCUT2D eigenvalue weighted by atomic mass is 10.1. The number of pyridine rings is 1. The Bertz CT molecular complexity index is 350. The van der Waals surface area contributed by atoms with Crippen LogP contribution in [0.3, 0.4) is 0 Å². The summed E-state index contributed by atoms with van der Waals surface area (Å²) in [5.74, 6) is -0.903. The minimum Gasteiger partial charge on any atom is -0.481 e. The van der Waals surface area contributed by atoms with Crippen LogP contribution in [-0.4, -0.2) is 16.1 Å². The highest BCUT2D eigenvalue weighted by atomic mass is 16.4. The summed E-state index contributed by atoms with van der Waals surface area (Å²) in [5.41, 5.74) is 8.18. The number of carboxylic acids is 1. The van der Waals surface area contributed by atoms with Gasteiger partial charge < -0.3 is 10.8 Å². The molecule has 0 aromatic carbocycles. The van der Waals surface area contributed by atoms with Gasteiger partial charge >= 0.3 is 5.97 Å². The molecule has 1 aromatic rings. The number of nitrogens with two attached hydrogens (primary N) is 1. The maximum absolute atomic E-state index is 10.5. The number of aryl methyl sites for hydroxylation is 2. The van der Waals surface area contributed by atoms with Crippen LogP contribution in [0.2, 0.25) is 0 Å². The number of hydrogen-bond acceptors (Lipinski definition) is 3. The highest BCUT2D eigenvalue weighted by molar-refractivity contribution is 5.67. The van der Waals surface area contributed by atoms with Crippen molar-refractivity contribution in [3.05, 3.63) is 29.1 Å². The van der Waals surface area contributed by atoms with Crippen LogP contribution in [-0.2, 0) is 4.79 Å². The minimum atomic E-state index is -0.903. The van der Waals surface area contributed by atoms with Crippen LogP contribution in [0.4, 0.5) is 0 Å².